The molecule has 2 rings (SSSR count). The van der Waals surface area contributed by atoms with Crippen LogP contribution in [0.15, 0.2) is 12.4 Å². The fourth-order valence-corrected chi connectivity index (χ4v) is 3.09. The first-order valence-corrected chi connectivity index (χ1v) is 7.61. The van der Waals surface area contributed by atoms with Crippen LogP contribution in [0.3, 0.4) is 0 Å². The minimum Gasteiger partial charge on any atom is -0.334 e. The Hall–Kier alpha value is -0.830. The highest BCUT2D eigenvalue weighted by molar-refractivity contribution is 5.03. The fraction of sp³-hybridized carbons (Fsp3) is 0.800. The summed E-state index contributed by atoms with van der Waals surface area (Å²) in [5.74, 6) is 2.05. The summed E-state index contributed by atoms with van der Waals surface area (Å²) >= 11 is 0. The summed E-state index contributed by atoms with van der Waals surface area (Å²) in [5, 5.41) is 3.73. The molecule has 3 nitrogen and oxygen atoms in total. The van der Waals surface area contributed by atoms with Gasteiger partial charge in [0.1, 0.15) is 5.82 Å². The molecule has 1 fully saturated rings. The van der Waals surface area contributed by atoms with E-state index in [1.165, 1.54) is 44.3 Å². The van der Waals surface area contributed by atoms with Gasteiger partial charge < -0.3 is 9.88 Å². The zero-order valence-corrected chi connectivity index (χ0v) is 11.9. The molecule has 1 aliphatic carbocycles. The largest absolute Gasteiger partial charge is 0.334 e. The summed E-state index contributed by atoms with van der Waals surface area (Å²) < 4.78 is 2.34. The molecule has 1 N–H and O–H groups in total. The van der Waals surface area contributed by atoms with Gasteiger partial charge in [0.15, 0.2) is 0 Å². The molecule has 0 bridgehead atoms. The first-order chi connectivity index (χ1) is 8.86. The Bertz CT molecular complexity index is 339. The highest BCUT2D eigenvalue weighted by atomic mass is 15.1. The molecule has 1 heterocycles. The van der Waals surface area contributed by atoms with E-state index in [1.807, 2.05) is 6.20 Å². The van der Waals surface area contributed by atoms with Crippen molar-refractivity contribution in [2.45, 2.75) is 65.0 Å². The quantitative estimate of drug-likeness (QED) is 0.801. The minimum absolute atomic E-state index is 0.467. The second-order valence-electron chi connectivity index (χ2n) is 5.46. The standard InChI is InChI=1S/C15H27N3/c1-3-9-16-14(13-7-5-6-8-13)15-17-10-12-18(15)11-4-2/h10,12-14,16H,3-9,11H2,1-2H3. The molecule has 3 heteroatoms. The van der Waals surface area contributed by atoms with E-state index in [1.54, 1.807) is 0 Å². The average molecular weight is 249 g/mol. The first-order valence-electron chi connectivity index (χ1n) is 7.61. The summed E-state index contributed by atoms with van der Waals surface area (Å²) in [6.45, 7) is 6.65. The monoisotopic (exact) mass is 249 g/mol. The maximum absolute atomic E-state index is 4.63. The van der Waals surface area contributed by atoms with Crippen molar-refractivity contribution in [3.63, 3.8) is 0 Å². The molecule has 0 spiro atoms. The van der Waals surface area contributed by atoms with Crippen LogP contribution < -0.4 is 5.32 Å². The van der Waals surface area contributed by atoms with Crippen LogP contribution in [-0.2, 0) is 6.54 Å². The number of aromatic nitrogens is 2. The van der Waals surface area contributed by atoms with E-state index in [2.05, 4.69) is 34.9 Å². The Morgan fingerprint density at radius 3 is 2.78 bits per heavy atom. The van der Waals surface area contributed by atoms with Gasteiger partial charge in [-0.3, -0.25) is 0 Å². The van der Waals surface area contributed by atoms with E-state index in [-0.39, 0.29) is 0 Å². The van der Waals surface area contributed by atoms with Crippen molar-refractivity contribution in [3.8, 4) is 0 Å². The third-order valence-electron chi connectivity index (χ3n) is 3.98. The topological polar surface area (TPSA) is 29.9 Å². The van der Waals surface area contributed by atoms with Gasteiger partial charge >= 0.3 is 0 Å². The maximum Gasteiger partial charge on any atom is 0.126 e. The molecular weight excluding hydrogens is 222 g/mol. The lowest BCUT2D eigenvalue weighted by Crippen LogP contribution is -2.30. The number of nitrogens with zero attached hydrogens (tertiary/aromatic N) is 2. The number of hydrogen-bond acceptors (Lipinski definition) is 2. The summed E-state index contributed by atoms with van der Waals surface area (Å²) in [6, 6.07) is 0.467. The highest BCUT2D eigenvalue weighted by Gasteiger charge is 2.28. The van der Waals surface area contributed by atoms with Gasteiger partial charge in [-0.05, 0) is 38.1 Å². The predicted octanol–water partition coefficient (Wildman–Crippen LogP) is 3.52. The van der Waals surface area contributed by atoms with Crippen LogP contribution in [0.4, 0.5) is 0 Å². The second-order valence-corrected chi connectivity index (χ2v) is 5.46. The molecular formula is C15H27N3. The number of aryl methyl sites for hydroxylation is 1. The van der Waals surface area contributed by atoms with Gasteiger partial charge in [-0.2, -0.15) is 0 Å². The summed E-state index contributed by atoms with van der Waals surface area (Å²) in [5.41, 5.74) is 0. The number of nitrogens with one attached hydrogen (secondary N) is 1. The van der Waals surface area contributed by atoms with Crippen LogP contribution in [0.25, 0.3) is 0 Å². The Balaban J connectivity index is 2.12. The summed E-state index contributed by atoms with van der Waals surface area (Å²) in [4.78, 5) is 4.63. The van der Waals surface area contributed by atoms with Crippen LogP contribution in [0.5, 0.6) is 0 Å². The molecule has 1 unspecified atom stereocenters. The van der Waals surface area contributed by atoms with Gasteiger partial charge in [0.25, 0.3) is 0 Å². The zero-order chi connectivity index (χ0) is 12.8. The maximum atomic E-state index is 4.63. The first kappa shape index (κ1) is 13.6. The minimum atomic E-state index is 0.467. The van der Waals surface area contributed by atoms with E-state index in [0.717, 1.165) is 19.0 Å². The molecule has 0 aromatic carbocycles. The van der Waals surface area contributed by atoms with Crippen LogP contribution in [0.2, 0.25) is 0 Å². The van der Waals surface area contributed by atoms with Crippen LogP contribution in [0.1, 0.15) is 64.2 Å². The average Bonchev–Trinajstić information content (AvgIpc) is 3.02. The molecule has 18 heavy (non-hydrogen) atoms. The lowest BCUT2D eigenvalue weighted by Gasteiger charge is -2.25. The van der Waals surface area contributed by atoms with E-state index < -0.39 is 0 Å². The van der Waals surface area contributed by atoms with E-state index >= 15 is 0 Å². The van der Waals surface area contributed by atoms with E-state index in [0.29, 0.717) is 6.04 Å². The molecule has 1 saturated carbocycles. The molecule has 1 aliphatic rings. The van der Waals surface area contributed by atoms with Crippen LogP contribution in [-0.4, -0.2) is 16.1 Å². The number of hydrogen-bond donors (Lipinski definition) is 1. The number of imidazole rings is 1. The molecule has 1 aromatic heterocycles. The van der Waals surface area contributed by atoms with Gasteiger partial charge in [-0.15, -0.1) is 0 Å². The third-order valence-corrected chi connectivity index (χ3v) is 3.98. The SMILES string of the molecule is CCCNC(c1nccn1CCC)C1CCCC1. The Kier molecular flexibility index (Phi) is 5.24. The fourth-order valence-electron chi connectivity index (χ4n) is 3.09. The normalized spacial score (nSPS) is 18.3. The Morgan fingerprint density at radius 1 is 1.33 bits per heavy atom. The van der Waals surface area contributed by atoms with Gasteiger partial charge in [0.05, 0.1) is 6.04 Å². The van der Waals surface area contributed by atoms with Crippen molar-refractivity contribution in [3.05, 3.63) is 18.2 Å². The molecule has 0 radical (unpaired) electrons. The van der Waals surface area contributed by atoms with Crippen molar-refractivity contribution in [2.75, 3.05) is 6.54 Å². The predicted molar refractivity (Wildman–Crippen MR) is 75.5 cm³/mol. The lowest BCUT2D eigenvalue weighted by molar-refractivity contribution is 0.342. The molecule has 102 valence electrons. The molecule has 0 aliphatic heterocycles. The molecule has 1 atom stereocenters. The zero-order valence-electron chi connectivity index (χ0n) is 11.9. The van der Waals surface area contributed by atoms with Crippen molar-refractivity contribution in [1.82, 2.24) is 14.9 Å². The molecule has 0 saturated heterocycles. The van der Waals surface area contributed by atoms with Gasteiger partial charge in [-0.1, -0.05) is 26.7 Å². The smallest absolute Gasteiger partial charge is 0.126 e. The second kappa shape index (κ2) is 6.93. The van der Waals surface area contributed by atoms with Gasteiger partial charge in [0.2, 0.25) is 0 Å². The van der Waals surface area contributed by atoms with Crippen LogP contribution >= 0.6 is 0 Å². The van der Waals surface area contributed by atoms with Crippen molar-refractivity contribution in [1.29, 1.82) is 0 Å². The van der Waals surface area contributed by atoms with Crippen molar-refractivity contribution < 1.29 is 0 Å². The van der Waals surface area contributed by atoms with Crippen molar-refractivity contribution >= 4 is 0 Å². The van der Waals surface area contributed by atoms with Crippen molar-refractivity contribution in [2.24, 2.45) is 5.92 Å². The third kappa shape index (κ3) is 3.14. The Labute approximate surface area is 111 Å². The summed E-state index contributed by atoms with van der Waals surface area (Å²) in [6.07, 6.45) is 12.0. The lowest BCUT2D eigenvalue weighted by atomic mass is 9.97. The highest BCUT2D eigenvalue weighted by Crippen LogP contribution is 2.35. The molecule has 1 aromatic rings. The van der Waals surface area contributed by atoms with Gasteiger partial charge in [0, 0.05) is 18.9 Å². The molecule has 0 amide bonds. The van der Waals surface area contributed by atoms with E-state index in [4.69, 9.17) is 0 Å². The number of rotatable bonds is 7. The van der Waals surface area contributed by atoms with Gasteiger partial charge in [-0.25, -0.2) is 4.98 Å². The van der Waals surface area contributed by atoms with Crippen LogP contribution in [0, 0.1) is 5.92 Å². The Morgan fingerprint density at radius 2 is 2.11 bits per heavy atom. The summed E-state index contributed by atoms with van der Waals surface area (Å²) in [7, 11) is 0. The van der Waals surface area contributed by atoms with E-state index in [9.17, 15) is 0 Å².